The zero-order chi connectivity index (χ0) is 14.3. The van der Waals surface area contributed by atoms with Gasteiger partial charge >= 0.3 is 12.0 Å². The first kappa shape index (κ1) is 15.0. The van der Waals surface area contributed by atoms with Crippen LogP contribution in [0.3, 0.4) is 0 Å². The number of amides is 2. The number of carbonyl (C=O) groups is 2. The first-order valence-electron chi connectivity index (χ1n) is 6.23. The number of rotatable bonds is 7. The van der Waals surface area contributed by atoms with Gasteiger partial charge < -0.3 is 15.7 Å². The second-order valence-electron chi connectivity index (χ2n) is 4.69. The maximum Gasteiger partial charge on any atom is 0.326 e. The van der Waals surface area contributed by atoms with Gasteiger partial charge in [0.1, 0.15) is 6.04 Å². The van der Waals surface area contributed by atoms with E-state index in [1.807, 2.05) is 13.8 Å². The molecular formula is C12H20N4O3. The van der Waals surface area contributed by atoms with Crippen LogP contribution in [0, 0.1) is 5.92 Å². The molecule has 7 heteroatoms. The van der Waals surface area contributed by atoms with Crippen LogP contribution >= 0.6 is 0 Å². The third-order valence-electron chi connectivity index (χ3n) is 2.50. The van der Waals surface area contributed by atoms with E-state index in [1.54, 1.807) is 23.1 Å². The summed E-state index contributed by atoms with van der Waals surface area (Å²) in [6.07, 6.45) is 3.85. The fraction of sp³-hybridized carbons (Fsp3) is 0.583. The van der Waals surface area contributed by atoms with E-state index < -0.39 is 18.0 Å². The SMILES string of the molecule is CC(C)CC(NC(=O)NCCn1cccn1)C(=O)O. The van der Waals surface area contributed by atoms with Crippen LogP contribution in [0.25, 0.3) is 0 Å². The number of hydrogen-bond donors (Lipinski definition) is 3. The maximum absolute atomic E-state index is 11.6. The molecule has 7 nitrogen and oxygen atoms in total. The quantitative estimate of drug-likeness (QED) is 0.677. The number of urea groups is 1. The summed E-state index contributed by atoms with van der Waals surface area (Å²) < 4.78 is 1.68. The molecule has 1 rings (SSSR count). The molecule has 1 aromatic rings. The van der Waals surface area contributed by atoms with Crippen molar-refractivity contribution >= 4 is 12.0 Å². The predicted molar refractivity (Wildman–Crippen MR) is 69.6 cm³/mol. The Bertz CT molecular complexity index is 403. The number of aliphatic carboxylic acids is 1. The summed E-state index contributed by atoms with van der Waals surface area (Å²) in [7, 11) is 0. The van der Waals surface area contributed by atoms with Gasteiger partial charge in [0.2, 0.25) is 0 Å². The average molecular weight is 268 g/mol. The monoisotopic (exact) mass is 268 g/mol. The molecule has 1 unspecified atom stereocenters. The summed E-state index contributed by atoms with van der Waals surface area (Å²) in [5.74, 6) is -0.818. The lowest BCUT2D eigenvalue weighted by Crippen LogP contribution is -2.47. The zero-order valence-electron chi connectivity index (χ0n) is 11.2. The van der Waals surface area contributed by atoms with Gasteiger partial charge in [0.15, 0.2) is 0 Å². The van der Waals surface area contributed by atoms with E-state index in [2.05, 4.69) is 15.7 Å². The van der Waals surface area contributed by atoms with Crippen LogP contribution < -0.4 is 10.6 Å². The molecule has 1 atom stereocenters. The minimum Gasteiger partial charge on any atom is -0.480 e. The van der Waals surface area contributed by atoms with Crippen LogP contribution in [0.1, 0.15) is 20.3 Å². The Hall–Kier alpha value is -2.05. The Morgan fingerprint density at radius 1 is 1.42 bits per heavy atom. The lowest BCUT2D eigenvalue weighted by Gasteiger charge is -2.16. The third-order valence-corrected chi connectivity index (χ3v) is 2.50. The number of hydrogen-bond acceptors (Lipinski definition) is 3. The van der Waals surface area contributed by atoms with Crippen molar-refractivity contribution in [1.29, 1.82) is 0 Å². The van der Waals surface area contributed by atoms with Crippen molar-refractivity contribution in [3.63, 3.8) is 0 Å². The number of carboxylic acid groups (broad SMARTS) is 1. The van der Waals surface area contributed by atoms with Crippen molar-refractivity contribution in [3.8, 4) is 0 Å². The molecular weight excluding hydrogens is 248 g/mol. The minimum atomic E-state index is -1.02. The molecule has 0 aromatic carbocycles. The molecule has 19 heavy (non-hydrogen) atoms. The molecule has 0 aliphatic heterocycles. The van der Waals surface area contributed by atoms with Crippen molar-refractivity contribution in [2.45, 2.75) is 32.9 Å². The zero-order valence-corrected chi connectivity index (χ0v) is 11.2. The van der Waals surface area contributed by atoms with Crippen molar-refractivity contribution in [1.82, 2.24) is 20.4 Å². The molecule has 2 amide bonds. The lowest BCUT2D eigenvalue weighted by atomic mass is 10.0. The summed E-state index contributed by atoms with van der Waals surface area (Å²) >= 11 is 0. The van der Waals surface area contributed by atoms with Crippen molar-refractivity contribution in [2.24, 2.45) is 5.92 Å². The van der Waals surface area contributed by atoms with E-state index in [0.29, 0.717) is 19.5 Å². The van der Waals surface area contributed by atoms with Gasteiger partial charge in [-0.2, -0.15) is 5.10 Å². The maximum atomic E-state index is 11.6. The molecule has 0 radical (unpaired) electrons. The number of aromatic nitrogens is 2. The van der Waals surface area contributed by atoms with Gasteiger partial charge in [-0.3, -0.25) is 4.68 Å². The van der Waals surface area contributed by atoms with Crippen molar-refractivity contribution < 1.29 is 14.7 Å². The summed E-state index contributed by atoms with van der Waals surface area (Å²) in [4.78, 5) is 22.5. The van der Waals surface area contributed by atoms with E-state index in [9.17, 15) is 9.59 Å². The van der Waals surface area contributed by atoms with Crippen LogP contribution in [0.2, 0.25) is 0 Å². The number of carbonyl (C=O) groups excluding carboxylic acids is 1. The summed E-state index contributed by atoms with van der Waals surface area (Å²) in [5, 5.41) is 18.0. The van der Waals surface area contributed by atoms with E-state index in [-0.39, 0.29) is 5.92 Å². The molecule has 0 saturated carbocycles. The molecule has 0 aliphatic rings. The van der Waals surface area contributed by atoms with Gasteiger partial charge in [0.25, 0.3) is 0 Å². The second-order valence-corrected chi connectivity index (χ2v) is 4.69. The second kappa shape index (κ2) is 7.40. The van der Waals surface area contributed by atoms with Gasteiger partial charge in [-0.15, -0.1) is 0 Å². The van der Waals surface area contributed by atoms with Gasteiger partial charge in [-0.25, -0.2) is 9.59 Å². The Kier molecular flexibility index (Phi) is 5.84. The minimum absolute atomic E-state index is 0.200. The van der Waals surface area contributed by atoms with Crippen molar-refractivity contribution in [2.75, 3.05) is 6.54 Å². The highest BCUT2D eigenvalue weighted by Crippen LogP contribution is 2.04. The summed E-state index contributed by atoms with van der Waals surface area (Å²) in [6.45, 7) is 4.75. The molecule has 1 aromatic heterocycles. The molecule has 0 saturated heterocycles. The van der Waals surface area contributed by atoms with Crippen LogP contribution in [-0.2, 0) is 11.3 Å². The Balaban J connectivity index is 2.30. The molecule has 0 fully saturated rings. The molecule has 3 N–H and O–H groups in total. The fourth-order valence-corrected chi connectivity index (χ4v) is 1.62. The first-order chi connectivity index (χ1) is 8.99. The lowest BCUT2D eigenvalue weighted by molar-refractivity contribution is -0.139. The highest BCUT2D eigenvalue weighted by atomic mass is 16.4. The van der Waals surface area contributed by atoms with E-state index in [1.165, 1.54) is 0 Å². The molecule has 0 aliphatic carbocycles. The molecule has 1 heterocycles. The molecule has 106 valence electrons. The smallest absolute Gasteiger partial charge is 0.326 e. The Morgan fingerprint density at radius 3 is 2.68 bits per heavy atom. The Labute approximate surface area is 112 Å². The van der Waals surface area contributed by atoms with Gasteiger partial charge in [-0.05, 0) is 18.4 Å². The normalized spacial score (nSPS) is 12.2. The fourth-order valence-electron chi connectivity index (χ4n) is 1.62. The molecule has 0 spiro atoms. The van der Waals surface area contributed by atoms with E-state index in [0.717, 1.165) is 0 Å². The van der Waals surface area contributed by atoms with Crippen molar-refractivity contribution in [3.05, 3.63) is 18.5 Å². The van der Waals surface area contributed by atoms with E-state index in [4.69, 9.17) is 5.11 Å². The highest BCUT2D eigenvalue weighted by molar-refractivity contribution is 5.82. The number of nitrogens with one attached hydrogen (secondary N) is 2. The number of nitrogens with zero attached hydrogens (tertiary/aromatic N) is 2. The number of carboxylic acids is 1. The van der Waals surface area contributed by atoms with Crippen LogP contribution in [0.5, 0.6) is 0 Å². The van der Waals surface area contributed by atoms with Crippen LogP contribution in [-0.4, -0.2) is 39.5 Å². The predicted octanol–water partition coefficient (Wildman–Crippen LogP) is 0.682. The highest BCUT2D eigenvalue weighted by Gasteiger charge is 2.20. The van der Waals surface area contributed by atoms with Crippen LogP contribution in [0.15, 0.2) is 18.5 Å². The topological polar surface area (TPSA) is 96.3 Å². The summed E-state index contributed by atoms with van der Waals surface area (Å²) in [5.41, 5.74) is 0. The van der Waals surface area contributed by atoms with Crippen LogP contribution in [0.4, 0.5) is 4.79 Å². The standard InChI is InChI=1S/C12H20N4O3/c1-9(2)8-10(11(17)18)15-12(19)13-5-7-16-6-3-4-14-16/h3-4,6,9-10H,5,7-8H2,1-2H3,(H,17,18)(H2,13,15,19). The third kappa shape index (κ3) is 5.89. The van der Waals surface area contributed by atoms with Gasteiger partial charge in [-0.1, -0.05) is 13.8 Å². The first-order valence-corrected chi connectivity index (χ1v) is 6.23. The average Bonchev–Trinajstić information content (AvgIpc) is 2.80. The van der Waals surface area contributed by atoms with Gasteiger partial charge in [0.05, 0.1) is 6.54 Å². The Morgan fingerprint density at radius 2 is 2.16 bits per heavy atom. The largest absolute Gasteiger partial charge is 0.480 e. The van der Waals surface area contributed by atoms with Gasteiger partial charge in [0, 0.05) is 18.9 Å². The summed E-state index contributed by atoms with van der Waals surface area (Å²) in [6, 6.07) is 0.466. The van der Waals surface area contributed by atoms with E-state index >= 15 is 0 Å². The molecule has 0 bridgehead atoms.